The largest absolute Gasteiger partial charge is 0.464 e. The van der Waals surface area contributed by atoms with Crippen molar-refractivity contribution in [3.05, 3.63) is 68.4 Å². The number of furan rings is 1. The molecule has 0 aliphatic heterocycles. The fourth-order valence-electron chi connectivity index (χ4n) is 3.94. The van der Waals surface area contributed by atoms with E-state index in [9.17, 15) is 9.59 Å². The third-order valence-corrected chi connectivity index (χ3v) is 7.16. The van der Waals surface area contributed by atoms with Gasteiger partial charge in [-0.1, -0.05) is 31.4 Å². The zero-order valence-electron chi connectivity index (χ0n) is 17.0. The van der Waals surface area contributed by atoms with Crippen molar-refractivity contribution in [1.29, 1.82) is 0 Å². The number of hydrogen-bond acceptors (Lipinski definition) is 5. The minimum atomic E-state index is -0.808. The van der Waals surface area contributed by atoms with Gasteiger partial charge in [0.2, 0.25) is 0 Å². The highest BCUT2D eigenvalue weighted by Crippen LogP contribution is 2.30. The number of nitrogens with one attached hydrogen (secondary N) is 1. The van der Waals surface area contributed by atoms with Gasteiger partial charge in [0.1, 0.15) is 11.5 Å². The van der Waals surface area contributed by atoms with E-state index in [1.807, 2.05) is 48.0 Å². The maximum Gasteiger partial charge on any atom is 0.265 e. The van der Waals surface area contributed by atoms with Gasteiger partial charge in [-0.05, 0) is 54.8 Å². The summed E-state index contributed by atoms with van der Waals surface area (Å²) in [4.78, 5) is 30.3. The van der Waals surface area contributed by atoms with Crippen LogP contribution < -0.4 is 5.32 Å². The second kappa shape index (κ2) is 9.62. The topological polar surface area (TPSA) is 62.6 Å². The van der Waals surface area contributed by atoms with E-state index in [2.05, 4.69) is 5.32 Å². The molecule has 0 spiro atoms. The molecule has 1 aliphatic carbocycles. The Labute approximate surface area is 184 Å². The molecule has 5 nitrogen and oxygen atoms in total. The molecule has 0 bridgehead atoms. The predicted octanol–water partition coefficient (Wildman–Crippen LogP) is 5.54. The molecule has 0 aromatic carbocycles. The molecule has 0 saturated heterocycles. The molecule has 158 valence electrons. The van der Waals surface area contributed by atoms with Gasteiger partial charge in [-0.2, -0.15) is 0 Å². The third kappa shape index (κ3) is 4.84. The molecule has 30 heavy (non-hydrogen) atoms. The molecule has 1 atom stereocenters. The first kappa shape index (κ1) is 20.9. The Morgan fingerprint density at radius 3 is 2.50 bits per heavy atom. The number of hydrogen-bond donors (Lipinski definition) is 1. The highest BCUT2D eigenvalue weighted by molar-refractivity contribution is 7.12. The van der Waals surface area contributed by atoms with Crippen LogP contribution in [-0.2, 0) is 11.3 Å². The summed E-state index contributed by atoms with van der Waals surface area (Å²) in [7, 11) is 0. The Hall–Kier alpha value is -2.38. The van der Waals surface area contributed by atoms with Crippen molar-refractivity contribution >= 4 is 34.5 Å². The predicted molar refractivity (Wildman–Crippen MR) is 120 cm³/mol. The maximum absolute atomic E-state index is 13.5. The van der Waals surface area contributed by atoms with Crippen LogP contribution in [0.3, 0.4) is 0 Å². The second-order valence-electron chi connectivity index (χ2n) is 7.68. The monoisotopic (exact) mass is 442 g/mol. The lowest BCUT2D eigenvalue weighted by molar-refractivity contribution is -0.127. The van der Waals surface area contributed by atoms with E-state index in [-0.39, 0.29) is 17.9 Å². The van der Waals surface area contributed by atoms with Gasteiger partial charge >= 0.3 is 0 Å². The number of carbonyl (C=O) groups is 2. The van der Waals surface area contributed by atoms with Gasteiger partial charge in [0.05, 0.1) is 11.4 Å². The molecular weight excluding hydrogens is 416 g/mol. The van der Waals surface area contributed by atoms with Gasteiger partial charge in [0.15, 0.2) is 6.04 Å². The first-order chi connectivity index (χ1) is 14.6. The Kier molecular flexibility index (Phi) is 6.69. The normalized spacial score (nSPS) is 15.6. The van der Waals surface area contributed by atoms with Crippen LogP contribution in [0.4, 0.5) is 0 Å². The number of carbonyl (C=O) groups excluding carboxylic acids is 2. The average Bonchev–Trinajstić information content (AvgIpc) is 3.51. The average molecular weight is 443 g/mol. The highest BCUT2D eigenvalue weighted by atomic mass is 32.1. The van der Waals surface area contributed by atoms with Crippen LogP contribution in [-0.4, -0.2) is 22.8 Å². The van der Waals surface area contributed by atoms with Gasteiger partial charge < -0.3 is 14.6 Å². The Morgan fingerprint density at radius 2 is 1.87 bits per heavy atom. The summed E-state index contributed by atoms with van der Waals surface area (Å²) >= 11 is 2.97. The fraction of sp³-hybridized carbons (Fsp3) is 0.391. The summed E-state index contributed by atoms with van der Waals surface area (Å²) in [6.07, 6.45) is 5.44. The molecule has 3 heterocycles. The van der Waals surface area contributed by atoms with E-state index < -0.39 is 6.04 Å². The van der Waals surface area contributed by atoms with Crippen LogP contribution >= 0.6 is 22.7 Å². The first-order valence-electron chi connectivity index (χ1n) is 10.4. The quantitative estimate of drug-likeness (QED) is 0.522. The van der Waals surface area contributed by atoms with Crippen LogP contribution in [0, 0.1) is 6.92 Å². The summed E-state index contributed by atoms with van der Waals surface area (Å²) < 4.78 is 5.88. The van der Waals surface area contributed by atoms with Crippen molar-refractivity contribution in [2.24, 2.45) is 0 Å². The molecule has 1 N–H and O–H groups in total. The van der Waals surface area contributed by atoms with Crippen LogP contribution in [0.25, 0.3) is 0 Å². The number of nitrogens with zero attached hydrogens (tertiary/aromatic N) is 1. The fourth-order valence-corrected chi connectivity index (χ4v) is 5.33. The zero-order chi connectivity index (χ0) is 20.9. The standard InChI is InChI=1S/C23H26N2O3S2/c1-16-11-12-19(28-16)21(22(26)24-17-7-3-2-4-8-17)25(15-18-9-5-13-29-18)23(27)20-10-6-14-30-20/h5-6,9-14,17,21H,2-4,7-8,15H2,1H3,(H,24,26)/t21-/m1/s1. The smallest absolute Gasteiger partial charge is 0.265 e. The summed E-state index contributed by atoms with van der Waals surface area (Å²) in [5, 5.41) is 7.06. The van der Waals surface area contributed by atoms with Crippen LogP contribution in [0.5, 0.6) is 0 Å². The van der Waals surface area contributed by atoms with Crippen molar-refractivity contribution in [2.75, 3.05) is 0 Å². The van der Waals surface area contributed by atoms with Gasteiger partial charge in [0.25, 0.3) is 11.8 Å². The summed E-state index contributed by atoms with van der Waals surface area (Å²) in [5.74, 6) is 0.899. The second-order valence-corrected chi connectivity index (χ2v) is 9.66. The summed E-state index contributed by atoms with van der Waals surface area (Å²) in [6, 6.07) is 10.6. The van der Waals surface area contributed by atoms with Crippen LogP contribution in [0.2, 0.25) is 0 Å². The van der Waals surface area contributed by atoms with Crippen molar-refractivity contribution in [3.63, 3.8) is 0 Å². The zero-order valence-corrected chi connectivity index (χ0v) is 18.6. The molecule has 2 amide bonds. The van der Waals surface area contributed by atoms with E-state index in [0.717, 1.165) is 36.3 Å². The van der Waals surface area contributed by atoms with E-state index in [0.29, 0.717) is 17.2 Å². The lowest BCUT2D eigenvalue weighted by atomic mass is 9.95. The van der Waals surface area contributed by atoms with E-state index in [1.54, 1.807) is 22.3 Å². The number of amides is 2. The first-order valence-corrected chi connectivity index (χ1v) is 12.1. The molecule has 1 saturated carbocycles. The molecule has 7 heteroatoms. The number of rotatable bonds is 7. The number of aryl methyl sites for hydroxylation is 1. The van der Waals surface area contributed by atoms with E-state index in [1.165, 1.54) is 17.8 Å². The minimum absolute atomic E-state index is 0.156. The molecule has 3 aromatic heterocycles. The molecule has 1 aliphatic rings. The molecule has 0 radical (unpaired) electrons. The maximum atomic E-state index is 13.5. The van der Waals surface area contributed by atoms with Crippen LogP contribution in [0.15, 0.2) is 51.6 Å². The SMILES string of the molecule is Cc1ccc([C@H](C(=O)NC2CCCCC2)N(Cc2cccs2)C(=O)c2cccs2)o1. The summed E-state index contributed by atoms with van der Waals surface area (Å²) in [5.41, 5.74) is 0. The van der Waals surface area contributed by atoms with Crippen LogP contribution in [0.1, 0.15) is 64.2 Å². The highest BCUT2D eigenvalue weighted by Gasteiger charge is 2.36. The van der Waals surface area contributed by atoms with Gasteiger partial charge in [-0.3, -0.25) is 9.59 Å². The van der Waals surface area contributed by atoms with Crippen molar-refractivity contribution in [1.82, 2.24) is 10.2 Å². The molecule has 1 fully saturated rings. The van der Waals surface area contributed by atoms with Crippen molar-refractivity contribution in [3.8, 4) is 0 Å². The molecule has 4 rings (SSSR count). The number of thiophene rings is 2. The summed E-state index contributed by atoms with van der Waals surface area (Å²) in [6.45, 7) is 2.21. The Bertz CT molecular complexity index is 957. The van der Waals surface area contributed by atoms with Gasteiger partial charge in [-0.15, -0.1) is 22.7 Å². The molecule has 3 aromatic rings. The van der Waals surface area contributed by atoms with E-state index >= 15 is 0 Å². The van der Waals surface area contributed by atoms with Gasteiger partial charge in [-0.25, -0.2) is 0 Å². The molecular formula is C23H26N2O3S2. The van der Waals surface area contributed by atoms with E-state index in [4.69, 9.17) is 4.42 Å². The van der Waals surface area contributed by atoms with Crippen molar-refractivity contribution < 1.29 is 14.0 Å². The lowest BCUT2D eigenvalue weighted by Crippen LogP contribution is -2.46. The van der Waals surface area contributed by atoms with Crippen molar-refractivity contribution in [2.45, 2.75) is 57.7 Å². The van der Waals surface area contributed by atoms with Gasteiger partial charge in [0, 0.05) is 10.9 Å². The lowest BCUT2D eigenvalue weighted by Gasteiger charge is -2.31. The Balaban J connectivity index is 1.68. The third-order valence-electron chi connectivity index (χ3n) is 5.44. The minimum Gasteiger partial charge on any atom is -0.464 e. The molecule has 0 unspecified atom stereocenters. The Morgan fingerprint density at radius 1 is 1.10 bits per heavy atom.